The van der Waals surface area contributed by atoms with E-state index in [1.165, 1.54) is 25.7 Å². The van der Waals surface area contributed by atoms with Crippen LogP contribution in [-0.4, -0.2) is 5.11 Å². The van der Waals surface area contributed by atoms with Crippen LogP contribution in [0, 0.1) is 5.92 Å². The van der Waals surface area contributed by atoms with Crippen molar-refractivity contribution in [2.45, 2.75) is 44.6 Å². The third kappa shape index (κ3) is 2.99. The quantitative estimate of drug-likeness (QED) is 0.827. The van der Waals surface area contributed by atoms with Gasteiger partial charge in [-0.1, -0.05) is 55.5 Å². The fourth-order valence-corrected chi connectivity index (χ4v) is 2.86. The Morgan fingerprint density at radius 2 is 1.94 bits per heavy atom. The first-order chi connectivity index (χ1) is 7.77. The summed E-state index contributed by atoms with van der Waals surface area (Å²) in [5.41, 5.74) is 0.877. The van der Waals surface area contributed by atoms with Gasteiger partial charge >= 0.3 is 0 Å². The number of hydrogen-bond donors (Lipinski definition) is 1. The molecule has 0 saturated heterocycles. The molecule has 1 unspecified atom stereocenters. The zero-order valence-electron chi connectivity index (χ0n) is 9.53. The van der Waals surface area contributed by atoms with Crippen molar-refractivity contribution in [1.29, 1.82) is 0 Å². The molecular formula is C14H19ClO. The van der Waals surface area contributed by atoms with Crippen molar-refractivity contribution < 1.29 is 5.11 Å². The van der Waals surface area contributed by atoms with Gasteiger partial charge < -0.3 is 5.11 Å². The molecule has 2 rings (SSSR count). The van der Waals surface area contributed by atoms with E-state index in [1.807, 2.05) is 24.3 Å². The molecule has 0 heterocycles. The van der Waals surface area contributed by atoms with Crippen LogP contribution in [0.2, 0.25) is 5.02 Å². The molecule has 1 aliphatic rings. The SMILES string of the molecule is OC(CCC1CCCC1)c1ccccc1Cl. The predicted octanol–water partition coefficient (Wildman–Crippen LogP) is 4.34. The number of hydrogen-bond acceptors (Lipinski definition) is 1. The van der Waals surface area contributed by atoms with Crippen molar-refractivity contribution in [3.05, 3.63) is 34.9 Å². The summed E-state index contributed by atoms with van der Waals surface area (Å²) < 4.78 is 0. The van der Waals surface area contributed by atoms with E-state index in [4.69, 9.17) is 11.6 Å². The molecule has 88 valence electrons. The Labute approximate surface area is 102 Å². The first kappa shape index (κ1) is 11.9. The van der Waals surface area contributed by atoms with Crippen molar-refractivity contribution in [3.8, 4) is 0 Å². The van der Waals surface area contributed by atoms with E-state index < -0.39 is 6.10 Å². The fourth-order valence-electron chi connectivity index (χ4n) is 2.59. The average Bonchev–Trinajstić information content (AvgIpc) is 2.79. The lowest BCUT2D eigenvalue weighted by atomic mass is 9.96. The van der Waals surface area contributed by atoms with E-state index in [2.05, 4.69) is 0 Å². The lowest BCUT2D eigenvalue weighted by Crippen LogP contribution is -2.02. The molecule has 1 aromatic carbocycles. The van der Waals surface area contributed by atoms with Crippen LogP contribution < -0.4 is 0 Å². The second kappa shape index (κ2) is 5.70. The van der Waals surface area contributed by atoms with Gasteiger partial charge in [0.25, 0.3) is 0 Å². The van der Waals surface area contributed by atoms with Crippen LogP contribution in [0.15, 0.2) is 24.3 Å². The van der Waals surface area contributed by atoms with Gasteiger partial charge in [-0.3, -0.25) is 0 Å². The molecule has 1 aliphatic carbocycles. The van der Waals surface area contributed by atoms with Crippen LogP contribution >= 0.6 is 11.6 Å². The van der Waals surface area contributed by atoms with Crippen molar-refractivity contribution in [3.63, 3.8) is 0 Å². The number of aliphatic hydroxyl groups is 1. The third-order valence-corrected chi connectivity index (χ3v) is 3.93. The summed E-state index contributed by atoms with van der Waals surface area (Å²) in [6, 6.07) is 7.59. The van der Waals surface area contributed by atoms with E-state index in [1.54, 1.807) is 0 Å². The number of rotatable bonds is 4. The highest BCUT2D eigenvalue weighted by atomic mass is 35.5. The van der Waals surface area contributed by atoms with E-state index in [0.717, 1.165) is 24.3 Å². The Hall–Kier alpha value is -0.530. The molecule has 0 spiro atoms. The van der Waals surface area contributed by atoms with Gasteiger partial charge in [-0.15, -0.1) is 0 Å². The number of benzene rings is 1. The summed E-state index contributed by atoms with van der Waals surface area (Å²) in [5.74, 6) is 0.831. The zero-order chi connectivity index (χ0) is 11.4. The minimum Gasteiger partial charge on any atom is -0.388 e. The van der Waals surface area contributed by atoms with Crippen LogP contribution in [0.3, 0.4) is 0 Å². The normalized spacial score (nSPS) is 18.9. The smallest absolute Gasteiger partial charge is 0.0804 e. The topological polar surface area (TPSA) is 20.2 Å². The van der Waals surface area contributed by atoms with Gasteiger partial charge in [-0.2, -0.15) is 0 Å². The summed E-state index contributed by atoms with van der Waals surface area (Å²) in [6.45, 7) is 0. The van der Waals surface area contributed by atoms with Crippen LogP contribution in [-0.2, 0) is 0 Å². The van der Waals surface area contributed by atoms with Gasteiger partial charge in [-0.25, -0.2) is 0 Å². The van der Waals surface area contributed by atoms with Crippen molar-refractivity contribution in [2.75, 3.05) is 0 Å². The maximum absolute atomic E-state index is 10.1. The van der Waals surface area contributed by atoms with Crippen molar-refractivity contribution in [2.24, 2.45) is 5.92 Å². The molecular weight excluding hydrogens is 220 g/mol. The second-order valence-corrected chi connectivity index (χ2v) is 5.17. The Morgan fingerprint density at radius 1 is 1.25 bits per heavy atom. The van der Waals surface area contributed by atoms with E-state index in [9.17, 15) is 5.11 Å². The molecule has 0 aliphatic heterocycles. The minimum absolute atomic E-state index is 0.394. The van der Waals surface area contributed by atoms with Crippen molar-refractivity contribution >= 4 is 11.6 Å². The fraction of sp³-hybridized carbons (Fsp3) is 0.571. The molecule has 0 radical (unpaired) electrons. The van der Waals surface area contributed by atoms with Gasteiger partial charge in [0, 0.05) is 5.02 Å². The summed E-state index contributed by atoms with van der Waals surface area (Å²) in [4.78, 5) is 0. The van der Waals surface area contributed by atoms with Gasteiger partial charge in [0.05, 0.1) is 6.10 Å². The number of halogens is 1. The molecule has 2 heteroatoms. The van der Waals surface area contributed by atoms with E-state index >= 15 is 0 Å². The average molecular weight is 239 g/mol. The molecule has 1 atom stereocenters. The zero-order valence-corrected chi connectivity index (χ0v) is 10.3. The van der Waals surface area contributed by atoms with Gasteiger partial charge in [-0.05, 0) is 30.4 Å². The molecule has 0 bridgehead atoms. The Balaban J connectivity index is 1.87. The van der Waals surface area contributed by atoms with Crippen LogP contribution in [0.5, 0.6) is 0 Å². The molecule has 16 heavy (non-hydrogen) atoms. The number of aliphatic hydroxyl groups excluding tert-OH is 1. The van der Waals surface area contributed by atoms with E-state index in [0.29, 0.717) is 5.02 Å². The van der Waals surface area contributed by atoms with Crippen LogP contribution in [0.4, 0.5) is 0 Å². The monoisotopic (exact) mass is 238 g/mol. The Morgan fingerprint density at radius 3 is 2.62 bits per heavy atom. The summed E-state index contributed by atoms with van der Waals surface area (Å²) >= 11 is 6.05. The van der Waals surface area contributed by atoms with Gasteiger partial charge in [0.2, 0.25) is 0 Å². The molecule has 0 amide bonds. The maximum atomic E-state index is 10.1. The van der Waals surface area contributed by atoms with Crippen LogP contribution in [0.25, 0.3) is 0 Å². The molecule has 1 aromatic rings. The summed E-state index contributed by atoms with van der Waals surface area (Å²) in [7, 11) is 0. The van der Waals surface area contributed by atoms with E-state index in [-0.39, 0.29) is 0 Å². The Kier molecular flexibility index (Phi) is 4.25. The van der Waals surface area contributed by atoms with Crippen LogP contribution in [0.1, 0.15) is 50.2 Å². The lowest BCUT2D eigenvalue weighted by molar-refractivity contribution is 0.157. The standard InChI is InChI=1S/C14H19ClO/c15-13-8-4-3-7-12(13)14(16)10-9-11-5-1-2-6-11/h3-4,7-8,11,14,16H,1-2,5-6,9-10H2. The predicted molar refractivity (Wildman–Crippen MR) is 67.6 cm³/mol. The minimum atomic E-state index is -0.394. The van der Waals surface area contributed by atoms with Crippen molar-refractivity contribution in [1.82, 2.24) is 0 Å². The first-order valence-corrected chi connectivity index (χ1v) is 6.57. The highest BCUT2D eigenvalue weighted by molar-refractivity contribution is 6.31. The largest absolute Gasteiger partial charge is 0.388 e. The third-order valence-electron chi connectivity index (χ3n) is 3.59. The summed E-state index contributed by atoms with van der Waals surface area (Å²) in [6.07, 6.45) is 7.00. The second-order valence-electron chi connectivity index (χ2n) is 4.77. The maximum Gasteiger partial charge on any atom is 0.0804 e. The summed E-state index contributed by atoms with van der Waals surface area (Å²) in [5, 5.41) is 10.8. The van der Waals surface area contributed by atoms with Gasteiger partial charge in [0.15, 0.2) is 0 Å². The molecule has 1 N–H and O–H groups in total. The van der Waals surface area contributed by atoms with Gasteiger partial charge in [0.1, 0.15) is 0 Å². The molecule has 0 aromatic heterocycles. The molecule has 1 fully saturated rings. The first-order valence-electron chi connectivity index (χ1n) is 6.20. The molecule has 1 nitrogen and oxygen atoms in total. The Bertz CT molecular complexity index is 331. The lowest BCUT2D eigenvalue weighted by Gasteiger charge is -2.15. The highest BCUT2D eigenvalue weighted by Gasteiger charge is 2.18. The highest BCUT2D eigenvalue weighted by Crippen LogP contribution is 2.32. The molecule has 1 saturated carbocycles.